The van der Waals surface area contributed by atoms with E-state index in [9.17, 15) is 0 Å². The predicted octanol–water partition coefficient (Wildman–Crippen LogP) is 14.3. The van der Waals surface area contributed by atoms with Gasteiger partial charge in [-0.2, -0.15) is 0 Å². The van der Waals surface area contributed by atoms with Crippen LogP contribution in [0.25, 0.3) is 45.6 Å². The molecule has 54 heavy (non-hydrogen) atoms. The van der Waals surface area contributed by atoms with E-state index in [-0.39, 0.29) is 24.8 Å². The van der Waals surface area contributed by atoms with Crippen molar-refractivity contribution < 1.29 is 29.2 Å². The number of benzene rings is 4. The summed E-state index contributed by atoms with van der Waals surface area (Å²) in [6, 6.07) is 31.8. The number of fused-ring (bicyclic) bond motifs is 2. The monoisotopic (exact) mass is 846 g/mol. The molecule has 2 aromatic heterocycles. The van der Waals surface area contributed by atoms with E-state index in [0.29, 0.717) is 7.25 Å². The van der Waals surface area contributed by atoms with E-state index < -0.39 is 25.8 Å². The first-order valence-corrected chi connectivity index (χ1v) is 27.6. The number of furan rings is 2. The van der Waals surface area contributed by atoms with Crippen molar-refractivity contribution >= 4 is 53.5 Å². The van der Waals surface area contributed by atoms with Crippen molar-refractivity contribution in [1.82, 2.24) is 0 Å². The van der Waals surface area contributed by atoms with Gasteiger partial charge in [-0.25, -0.2) is 0 Å². The van der Waals surface area contributed by atoms with Crippen molar-refractivity contribution in [2.75, 3.05) is 0 Å². The standard InChI is InChI=1S/2C23H21O.C2H6Si.2ClH.Zr/c2*1-14-10-19-12-20(22-11-15(2)17(4)24-22)13-21(19)23(16(14)3)18-8-6-5-7-9-18;1-3-2;;;/h2*5-13H,1-4H3;1-2H3;2*1H;. The van der Waals surface area contributed by atoms with Crippen LogP contribution in [0.15, 0.2) is 93.8 Å². The molecular weight excluding hydrogens is 799 g/mol. The van der Waals surface area contributed by atoms with Gasteiger partial charge in [-0.3, -0.25) is 0 Å². The summed E-state index contributed by atoms with van der Waals surface area (Å²) in [6.45, 7) is 23.1. The zero-order valence-electron chi connectivity index (χ0n) is 33.0. The molecule has 0 bridgehead atoms. The third kappa shape index (κ3) is 6.66. The van der Waals surface area contributed by atoms with E-state index in [0.717, 1.165) is 23.0 Å². The first-order chi connectivity index (χ1) is 24.9. The summed E-state index contributed by atoms with van der Waals surface area (Å²) >= 11 is -2.69. The summed E-state index contributed by atoms with van der Waals surface area (Å²) in [5.41, 5.74) is 21.0. The summed E-state index contributed by atoms with van der Waals surface area (Å²) in [4.78, 5) is 0. The molecule has 2 aliphatic carbocycles. The fraction of sp³-hybridized carbons (Fsp3) is 0.250. The second kappa shape index (κ2) is 15.6. The van der Waals surface area contributed by atoms with Gasteiger partial charge in [-0.1, -0.05) is 0 Å². The van der Waals surface area contributed by atoms with E-state index in [4.69, 9.17) is 8.83 Å². The Labute approximate surface area is 341 Å². The molecule has 0 aliphatic heterocycles. The van der Waals surface area contributed by atoms with Crippen molar-refractivity contribution in [2.24, 2.45) is 0 Å². The summed E-state index contributed by atoms with van der Waals surface area (Å²) in [5.74, 6) is 4.12. The molecule has 6 aromatic rings. The van der Waals surface area contributed by atoms with Crippen molar-refractivity contribution in [1.29, 1.82) is 0 Å². The Balaban J connectivity index is 0.00000249. The Morgan fingerprint density at radius 3 is 1.19 bits per heavy atom. The molecule has 4 aromatic carbocycles. The van der Waals surface area contributed by atoms with Crippen molar-refractivity contribution in [3.05, 3.63) is 164 Å². The molecule has 0 fully saturated rings. The topological polar surface area (TPSA) is 26.3 Å². The van der Waals surface area contributed by atoms with Crippen molar-refractivity contribution in [3.63, 3.8) is 0 Å². The second-order valence-corrected chi connectivity index (χ2v) is 33.2. The molecule has 2 atom stereocenters. The van der Waals surface area contributed by atoms with Crippen LogP contribution in [-0.2, 0) is 20.4 Å². The molecule has 0 saturated heterocycles. The smallest absolute Gasteiger partial charge is 0.147 e. The van der Waals surface area contributed by atoms with Crippen LogP contribution in [0.1, 0.15) is 85.9 Å². The molecule has 2 unspecified atom stereocenters. The fourth-order valence-electron chi connectivity index (χ4n) is 8.75. The maximum atomic E-state index is 6.71. The van der Waals surface area contributed by atoms with Crippen LogP contribution in [0.3, 0.4) is 0 Å². The minimum atomic E-state index is -2.69. The van der Waals surface area contributed by atoms with Crippen LogP contribution in [-0.4, -0.2) is 5.43 Å². The number of hydrogen-bond acceptors (Lipinski definition) is 2. The molecule has 8 rings (SSSR count). The van der Waals surface area contributed by atoms with Gasteiger partial charge in [0.1, 0.15) is 0 Å². The van der Waals surface area contributed by atoms with Crippen LogP contribution < -0.4 is 0 Å². The summed E-state index contributed by atoms with van der Waals surface area (Å²) in [7, 11) is 0. The van der Waals surface area contributed by atoms with Gasteiger partial charge in [0.25, 0.3) is 0 Å². The Morgan fingerprint density at radius 2 is 0.870 bits per heavy atom. The van der Waals surface area contributed by atoms with Gasteiger partial charge in [0.15, 0.2) is 0 Å². The first-order valence-electron chi connectivity index (χ1n) is 18.6. The van der Waals surface area contributed by atoms with E-state index in [1.54, 1.807) is 0 Å². The summed E-state index contributed by atoms with van der Waals surface area (Å²) < 4.78 is 14.1. The maximum Gasteiger partial charge on any atom is -0.147 e. The van der Waals surface area contributed by atoms with Crippen LogP contribution in [0, 0.1) is 55.4 Å². The molecule has 0 N–H and O–H groups in total. The molecular formula is C48H50Cl2O2SiZr. The van der Waals surface area contributed by atoms with E-state index >= 15 is 0 Å². The zero-order valence-corrected chi connectivity index (χ0v) is 38.1. The number of aryl methyl sites for hydroxylation is 6. The predicted molar refractivity (Wildman–Crippen MR) is 232 cm³/mol. The molecule has 2 heterocycles. The maximum absolute atomic E-state index is 6.71. The molecule has 2 nitrogen and oxygen atoms in total. The Hall–Kier alpha value is -3.40. The normalized spacial score (nSPS) is 15.5. The summed E-state index contributed by atoms with van der Waals surface area (Å²) in [5, 5.41) is 0. The molecule has 276 valence electrons. The van der Waals surface area contributed by atoms with Crippen LogP contribution >= 0.6 is 24.8 Å². The minimum Gasteiger partial charge on any atom is -0.147 e. The first kappa shape index (κ1) is 40.3. The number of halogens is 2. The van der Waals surface area contributed by atoms with E-state index in [1.807, 2.05) is 0 Å². The van der Waals surface area contributed by atoms with Crippen molar-refractivity contribution in [3.8, 4) is 22.3 Å². The van der Waals surface area contributed by atoms with Gasteiger partial charge in [0.05, 0.1) is 0 Å². The van der Waals surface area contributed by atoms with Gasteiger partial charge >= 0.3 is 320 Å². The van der Waals surface area contributed by atoms with Gasteiger partial charge in [-0.15, -0.1) is 24.8 Å². The van der Waals surface area contributed by atoms with Gasteiger partial charge in [0, 0.05) is 0 Å². The average molecular weight is 849 g/mol. The Morgan fingerprint density at radius 1 is 0.500 bits per heavy atom. The van der Waals surface area contributed by atoms with Crippen LogP contribution in [0.5, 0.6) is 0 Å². The number of hydrogen-bond donors (Lipinski definition) is 0. The molecule has 0 amide bonds. The SMILES string of the molecule is Cc1cc(C2=Cc3c(cc(C)c(C)c3-c3ccccc3)[CH]2[Zr]([CH]2C(c3cc(C)c(C)o3)=Cc3c2cc(C)c(C)c3-c2ccccc2)=[Si](C)C)oc1C.Cl.Cl. The largest absolute Gasteiger partial charge is 0.147 e. The van der Waals surface area contributed by atoms with Gasteiger partial charge in [-0.05, 0) is 0 Å². The zero-order chi connectivity index (χ0) is 36.6. The third-order valence-electron chi connectivity index (χ3n) is 11.9. The quantitative estimate of drug-likeness (QED) is 0.156. The van der Waals surface area contributed by atoms with Crippen LogP contribution in [0.2, 0.25) is 13.1 Å². The fourth-order valence-corrected chi connectivity index (χ4v) is 28.5. The van der Waals surface area contributed by atoms with Gasteiger partial charge < -0.3 is 0 Å². The Kier molecular flexibility index (Phi) is 11.6. The molecule has 0 spiro atoms. The summed E-state index contributed by atoms with van der Waals surface area (Å²) in [6.07, 6.45) is 5.07. The second-order valence-electron chi connectivity index (χ2n) is 15.3. The number of rotatable bonds is 6. The van der Waals surface area contributed by atoms with Gasteiger partial charge in [0.2, 0.25) is 0 Å². The molecule has 0 saturated carbocycles. The minimum absolute atomic E-state index is 0. The Bertz CT molecular complexity index is 2310. The van der Waals surface area contributed by atoms with E-state index in [1.165, 1.54) is 89.0 Å². The molecule has 6 heteroatoms. The number of allylic oxidation sites excluding steroid dienone is 2. The molecule has 0 radical (unpaired) electrons. The average Bonchev–Trinajstić information content (AvgIpc) is 3.87. The van der Waals surface area contributed by atoms with Crippen molar-refractivity contribution in [2.45, 2.75) is 75.7 Å². The van der Waals surface area contributed by atoms with Crippen LogP contribution in [0.4, 0.5) is 0 Å². The third-order valence-corrected chi connectivity index (χ3v) is 31.1. The molecule has 2 aliphatic rings. The van der Waals surface area contributed by atoms with E-state index in [2.05, 4.69) is 166 Å².